The molecule has 96 valence electrons. The highest BCUT2D eigenvalue weighted by Crippen LogP contribution is 2.31. The van der Waals surface area contributed by atoms with Gasteiger partial charge < -0.3 is 5.73 Å². The number of amidine groups is 1. The summed E-state index contributed by atoms with van der Waals surface area (Å²) in [4.78, 5) is 8.64. The number of rotatable bonds is 5. The molecule has 1 aromatic heterocycles. The van der Waals surface area contributed by atoms with E-state index in [0.717, 1.165) is 27.4 Å². The Morgan fingerprint density at radius 3 is 2.72 bits per heavy atom. The summed E-state index contributed by atoms with van der Waals surface area (Å²) in [6.07, 6.45) is 0.767. The predicted octanol–water partition coefficient (Wildman–Crippen LogP) is 2.44. The van der Waals surface area contributed by atoms with Crippen molar-refractivity contribution in [1.29, 1.82) is 5.53 Å². The van der Waals surface area contributed by atoms with Crippen molar-refractivity contribution in [2.75, 3.05) is 0 Å². The Balaban J connectivity index is 3.34. The second-order valence-corrected chi connectivity index (χ2v) is 5.66. The van der Waals surface area contributed by atoms with Gasteiger partial charge in [0, 0.05) is 15.9 Å². The molecule has 1 unspecified atom stereocenters. The van der Waals surface area contributed by atoms with E-state index >= 15 is 0 Å². The van der Waals surface area contributed by atoms with E-state index in [2.05, 4.69) is 36.1 Å². The third-order valence-corrected chi connectivity index (χ3v) is 3.36. The Bertz CT molecular complexity index is 513. The maximum absolute atomic E-state index is 6.67. The van der Waals surface area contributed by atoms with Crippen molar-refractivity contribution < 1.29 is 0 Å². The number of hydrogen-bond donors (Lipinski definition) is 2. The molecule has 6 nitrogen and oxygen atoms in total. The van der Waals surface area contributed by atoms with Gasteiger partial charge in [-0.3, -0.25) is 0 Å². The van der Waals surface area contributed by atoms with E-state index in [0.29, 0.717) is 5.82 Å². The fraction of sp³-hybridized carbons (Fsp3) is 0.300. The lowest BCUT2D eigenvalue weighted by Gasteiger charge is -2.10. The number of nitrogens with one attached hydrogen (secondary N) is 1. The van der Waals surface area contributed by atoms with E-state index in [4.69, 9.17) is 11.3 Å². The Morgan fingerprint density at radius 2 is 2.22 bits per heavy atom. The Kier molecular flexibility index (Phi) is 5.37. The van der Waals surface area contributed by atoms with Crippen molar-refractivity contribution in [3.05, 3.63) is 28.3 Å². The fourth-order valence-electron chi connectivity index (χ4n) is 1.32. The molecule has 0 bridgehead atoms. The van der Waals surface area contributed by atoms with Crippen molar-refractivity contribution in [2.24, 2.45) is 16.1 Å². The van der Waals surface area contributed by atoms with Crippen molar-refractivity contribution in [3.8, 4) is 0 Å². The molecule has 1 rings (SSSR count). The fourth-order valence-corrected chi connectivity index (χ4v) is 2.31. The minimum atomic E-state index is 0.0379. The molecule has 0 radical (unpaired) electrons. The molecular weight excluding hydrogens is 267 g/mol. The molecule has 0 amide bonds. The SMILES string of the molecule is C=C(P)Sc1nc(C(N)=NN=N)nc(CC)c1C. The normalized spacial score (nSPS) is 11.4. The highest BCUT2D eigenvalue weighted by atomic mass is 32.2. The van der Waals surface area contributed by atoms with Gasteiger partial charge in [-0.2, -0.15) is 5.53 Å². The average molecular weight is 282 g/mol. The summed E-state index contributed by atoms with van der Waals surface area (Å²) >= 11 is 1.43. The molecule has 0 aromatic carbocycles. The molecule has 1 heterocycles. The smallest absolute Gasteiger partial charge is 0.198 e. The monoisotopic (exact) mass is 282 g/mol. The zero-order valence-corrected chi connectivity index (χ0v) is 12.2. The van der Waals surface area contributed by atoms with Crippen molar-refractivity contribution in [3.63, 3.8) is 0 Å². The summed E-state index contributed by atoms with van der Waals surface area (Å²) < 4.78 is 0.852. The number of nitrogens with zero attached hydrogens (tertiary/aromatic N) is 4. The number of nitrogens with two attached hydrogens (primary N) is 1. The maximum atomic E-state index is 6.67. The van der Waals surface area contributed by atoms with Crippen LogP contribution in [0.2, 0.25) is 0 Å². The Morgan fingerprint density at radius 1 is 1.56 bits per heavy atom. The van der Waals surface area contributed by atoms with E-state index in [1.165, 1.54) is 11.8 Å². The molecule has 1 aromatic rings. The van der Waals surface area contributed by atoms with Crippen LogP contribution in [0.5, 0.6) is 0 Å². The van der Waals surface area contributed by atoms with Gasteiger partial charge in [0.15, 0.2) is 11.7 Å². The lowest BCUT2D eigenvalue weighted by molar-refractivity contribution is 0.890. The highest BCUT2D eigenvalue weighted by molar-refractivity contribution is 8.07. The molecule has 1 atom stereocenters. The minimum absolute atomic E-state index is 0.0379. The zero-order valence-electron chi connectivity index (χ0n) is 10.3. The number of aryl methyl sites for hydroxylation is 1. The van der Waals surface area contributed by atoms with Crippen LogP contribution in [0.1, 0.15) is 24.0 Å². The van der Waals surface area contributed by atoms with Crippen molar-refractivity contribution in [2.45, 2.75) is 25.3 Å². The van der Waals surface area contributed by atoms with Gasteiger partial charge in [-0.1, -0.05) is 39.7 Å². The zero-order chi connectivity index (χ0) is 13.7. The van der Waals surface area contributed by atoms with Gasteiger partial charge in [-0.15, -0.1) is 5.10 Å². The van der Waals surface area contributed by atoms with Crippen LogP contribution >= 0.6 is 21.0 Å². The first-order valence-corrected chi connectivity index (χ1v) is 6.59. The predicted molar refractivity (Wildman–Crippen MR) is 76.7 cm³/mol. The summed E-state index contributed by atoms with van der Waals surface area (Å²) in [6.45, 7) is 7.78. The molecule has 0 fully saturated rings. The Hall–Kier alpha value is -1.33. The van der Waals surface area contributed by atoms with E-state index < -0.39 is 0 Å². The topological polar surface area (TPSA) is 100 Å². The van der Waals surface area contributed by atoms with Gasteiger partial charge in [0.2, 0.25) is 0 Å². The van der Waals surface area contributed by atoms with Gasteiger partial charge in [0.25, 0.3) is 0 Å². The van der Waals surface area contributed by atoms with Crippen LogP contribution in [-0.4, -0.2) is 15.8 Å². The van der Waals surface area contributed by atoms with Gasteiger partial charge in [0.1, 0.15) is 5.03 Å². The standard InChI is InChI=1S/C10H15N6PS/c1-4-7-5(2)10(18-6(3)17)14-9(13-7)8(11)15-16-12/h3-4,17H2,1-2H3,(H3,11,12,15). The van der Waals surface area contributed by atoms with Gasteiger partial charge in [0.05, 0.1) is 0 Å². The van der Waals surface area contributed by atoms with Crippen LogP contribution in [0.15, 0.2) is 26.6 Å². The maximum Gasteiger partial charge on any atom is 0.198 e. The third kappa shape index (κ3) is 3.58. The van der Waals surface area contributed by atoms with Gasteiger partial charge >= 0.3 is 0 Å². The first-order chi connectivity index (χ1) is 8.49. The quantitative estimate of drug-likeness (QED) is 0.165. The molecule has 0 spiro atoms. The molecule has 0 aliphatic heterocycles. The van der Waals surface area contributed by atoms with Crippen LogP contribution in [0, 0.1) is 12.5 Å². The highest BCUT2D eigenvalue weighted by Gasteiger charge is 2.13. The van der Waals surface area contributed by atoms with Crippen molar-refractivity contribution in [1.82, 2.24) is 9.97 Å². The van der Waals surface area contributed by atoms with Crippen LogP contribution in [0.3, 0.4) is 0 Å². The molecule has 0 saturated heterocycles. The third-order valence-electron chi connectivity index (χ3n) is 2.15. The minimum Gasteiger partial charge on any atom is -0.379 e. The average Bonchev–Trinajstić information content (AvgIpc) is 2.31. The van der Waals surface area contributed by atoms with Crippen LogP contribution in [0.4, 0.5) is 0 Å². The molecule has 3 N–H and O–H groups in total. The molecule has 8 heteroatoms. The van der Waals surface area contributed by atoms with Crippen LogP contribution in [0.25, 0.3) is 0 Å². The molecule has 0 aliphatic carbocycles. The number of hydrogen-bond acceptors (Lipinski definition) is 5. The van der Waals surface area contributed by atoms with Crippen LogP contribution < -0.4 is 5.73 Å². The van der Waals surface area contributed by atoms with Gasteiger partial charge in [-0.05, 0) is 13.3 Å². The van der Waals surface area contributed by atoms with E-state index in [-0.39, 0.29) is 5.84 Å². The summed E-state index contributed by atoms with van der Waals surface area (Å²) in [5.41, 5.74) is 14.2. The van der Waals surface area contributed by atoms with E-state index in [9.17, 15) is 0 Å². The van der Waals surface area contributed by atoms with E-state index in [1.54, 1.807) is 0 Å². The summed E-state index contributed by atoms with van der Waals surface area (Å²) in [6, 6.07) is 0. The summed E-state index contributed by atoms with van der Waals surface area (Å²) in [5.74, 6) is 0.332. The first-order valence-electron chi connectivity index (χ1n) is 5.19. The van der Waals surface area contributed by atoms with Gasteiger partial charge in [-0.25, -0.2) is 9.97 Å². The second-order valence-electron chi connectivity index (χ2n) is 3.43. The Labute approximate surface area is 112 Å². The molecule has 18 heavy (non-hydrogen) atoms. The second kappa shape index (κ2) is 6.56. The van der Waals surface area contributed by atoms with Crippen LogP contribution in [-0.2, 0) is 6.42 Å². The number of thioether (sulfide) groups is 1. The van der Waals surface area contributed by atoms with Crippen molar-refractivity contribution >= 4 is 26.8 Å². The lowest BCUT2D eigenvalue weighted by atomic mass is 10.2. The lowest BCUT2D eigenvalue weighted by Crippen LogP contribution is -2.18. The summed E-state index contributed by atoms with van der Waals surface area (Å²) in [7, 11) is 2.52. The molecule has 0 aliphatic rings. The molecular formula is C10H15N6PS. The number of aromatic nitrogens is 2. The summed E-state index contributed by atoms with van der Waals surface area (Å²) in [5, 5.41) is 7.12. The largest absolute Gasteiger partial charge is 0.379 e. The molecule has 0 saturated carbocycles. The first kappa shape index (κ1) is 14.7. The van der Waals surface area contributed by atoms with E-state index in [1.807, 2.05) is 13.8 Å².